The number of rotatable bonds is 8. The Morgan fingerprint density at radius 2 is 1.88 bits per heavy atom. The van der Waals surface area contributed by atoms with E-state index >= 15 is 0 Å². The number of phenols is 2. The van der Waals surface area contributed by atoms with E-state index in [4.69, 9.17) is 4.74 Å². The van der Waals surface area contributed by atoms with E-state index in [2.05, 4.69) is 6.92 Å². The van der Waals surface area contributed by atoms with Gasteiger partial charge in [0.25, 0.3) is 15.8 Å². The van der Waals surface area contributed by atoms with Gasteiger partial charge in [0.2, 0.25) is 0 Å². The molecule has 0 aromatic heterocycles. The van der Waals surface area contributed by atoms with Crippen molar-refractivity contribution in [2.75, 3.05) is 12.4 Å². The second kappa shape index (κ2) is 10.3. The zero-order chi connectivity index (χ0) is 24.3. The lowest BCUT2D eigenvalue weighted by molar-refractivity contribution is -0.385. The lowest BCUT2D eigenvalue weighted by Crippen LogP contribution is -2.13. The van der Waals surface area contributed by atoms with Gasteiger partial charge in [-0.25, -0.2) is 0 Å². The van der Waals surface area contributed by atoms with Gasteiger partial charge in [0.1, 0.15) is 4.90 Å². The molecule has 11 heteroatoms. The van der Waals surface area contributed by atoms with Crippen LogP contribution in [0.25, 0.3) is 0 Å². The van der Waals surface area contributed by atoms with Gasteiger partial charge in [-0.2, -0.15) is 20.2 Å². The van der Waals surface area contributed by atoms with Crippen LogP contribution in [0.4, 0.5) is 5.69 Å². The zero-order valence-corrected chi connectivity index (χ0v) is 19.9. The molecule has 2 aromatic carbocycles. The van der Waals surface area contributed by atoms with Gasteiger partial charge in [0, 0.05) is 17.7 Å². The molecule has 0 aliphatic carbocycles. The molecule has 0 saturated carbocycles. The zero-order valence-electron chi connectivity index (χ0n) is 18.3. The van der Waals surface area contributed by atoms with Crippen LogP contribution in [-0.2, 0) is 14.9 Å². The summed E-state index contributed by atoms with van der Waals surface area (Å²) < 4.78 is 39.1. The standard InChI is InChI=1S/C22H27NO8S2/c1-3-4-14-7-8-32-21(18-11-20(25)19(24)10-17(14)18)12-31-13(2)16-9-15(23(26)27)5-6-22(16)33(28,29)30/h5-6,9-11,13-14,21,24-25H,3-4,7-8,12H2,1-2H3,(H,28,29,30). The Bertz CT molecular complexity index is 1140. The fraction of sp³-hybridized carbons (Fsp3) is 0.455. The molecule has 3 rings (SSSR count). The maximum Gasteiger partial charge on any atom is 0.294 e. The first-order valence-corrected chi connectivity index (χ1v) is 13.1. The second-order valence-electron chi connectivity index (χ2n) is 8.03. The minimum Gasteiger partial charge on any atom is -0.504 e. The van der Waals surface area contributed by atoms with Crippen LogP contribution in [-0.4, -0.2) is 40.5 Å². The van der Waals surface area contributed by atoms with E-state index in [9.17, 15) is 33.3 Å². The van der Waals surface area contributed by atoms with Crippen molar-refractivity contribution in [3.8, 4) is 11.5 Å². The molecule has 3 N–H and O–H groups in total. The molecule has 0 saturated heterocycles. The van der Waals surface area contributed by atoms with Gasteiger partial charge in [-0.3, -0.25) is 14.7 Å². The van der Waals surface area contributed by atoms with Gasteiger partial charge in [0.05, 0.1) is 22.9 Å². The molecular weight excluding hydrogens is 470 g/mol. The first-order chi connectivity index (χ1) is 15.5. The Hall–Kier alpha value is -2.34. The Morgan fingerprint density at radius 3 is 2.48 bits per heavy atom. The lowest BCUT2D eigenvalue weighted by atomic mass is 9.87. The number of hydrogen-bond donors (Lipinski definition) is 3. The second-order valence-corrected chi connectivity index (χ2v) is 10.7. The SMILES string of the molecule is CCCC1CCSC(COC(C)c2cc([N+](=O)[O-])ccc2S(=O)(=O)O)c2cc(O)c(O)cc21. The summed E-state index contributed by atoms with van der Waals surface area (Å²) in [4.78, 5) is 10.1. The molecule has 1 aliphatic rings. The van der Waals surface area contributed by atoms with E-state index in [-0.39, 0.29) is 40.5 Å². The van der Waals surface area contributed by atoms with Gasteiger partial charge in [-0.15, -0.1) is 0 Å². The van der Waals surface area contributed by atoms with E-state index in [0.29, 0.717) is 0 Å². The molecule has 0 radical (unpaired) electrons. The lowest BCUT2D eigenvalue weighted by Gasteiger charge is -2.23. The molecule has 9 nitrogen and oxygen atoms in total. The highest BCUT2D eigenvalue weighted by Gasteiger charge is 2.29. The summed E-state index contributed by atoms with van der Waals surface area (Å²) in [5, 5.41) is 31.1. The summed E-state index contributed by atoms with van der Waals surface area (Å²) in [6.45, 7) is 3.78. The Morgan fingerprint density at radius 1 is 1.21 bits per heavy atom. The van der Waals surface area contributed by atoms with Crippen LogP contribution < -0.4 is 0 Å². The minimum atomic E-state index is -4.61. The third-order valence-electron chi connectivity index (χ3n) is 5.81. The third kappa shape index (κ3) is 5.78. The fourth-order valence-corrected chi connectivity index (χ4v) is 6.18. The summed E-state index contributed by atoms with van der Waals surface area (Å²) in [7, 11) is -4.61. The van der Waals surface area contributed by atoms with Crippen LogP contribution in [0.3, 0.4) is 0 Å². The van der Waals surface area contributed by atoms with Crippen LogP contribution in [0, 0.1) is 10.1 Å². The first kappa shape index (κ1) is 25.3. The number of aromatic hydroxyl groups is 2. The normalized spacial score (nSPS) is 19.5. The summed E-state index contributed by atoms with van der Waals surface area (Å²) in [5.41, 5.74) is 1.47. The molecule has 0 spiro atoms. The summed E-state index contributed by atoms with van der Waals surface area (Å²) >= 11 is 1.63. The van der Waals surface area contributed by atoms with Crippen molar-refractivity contribution in [1.82, 2.24) is 0 Å². The van der Waals surface area contributed by atoms with E-state index in [1.807, 2.05) is 0 Å². The molecular formula is C22H27NO8S2. The van der Waals surface area contributed by atoms with Crippen molar-refractivity contribution >= 4 is 27.6 Å². The van der Waals surface area contributed by atoms with Gasteiger partial charge in [-0.05, 0) is 60.8 Å². The molecule has 3 unspecified atom stereocenters. The van der Waals surface area contributed by atoms with Crippen molar-refractivity contribution < 1.29 is 32.8 Å². The number of ether oxygens (including phenoxy) is 1. The van der Waals surface area contributed by atoms with Gasteiger partial charge in [0.15, 0.2) is 11.5 Å². The molecule has 1 heterocycles. The Balaban J connectivity index is 1.91. The molecule has 33 heavy (non-hydrogen) atoms. The Labute approximate surface area is 196 Å². The van der Waals surface area contributed by atoms with Crippen LogP contribution in [0.1, 0.15) is 67.1 Å². The summed E-state index contributed by atoms with van der Waals surface area (Å²) in [6, 6.07) is 6.24. The fourth-order valence-electron chi connectivity index (χ4n) is 4.15. The highest BCUT2D eigenvalue weighted by Crippen LogP contribution is 2.46. The van der Waals surface area contributed by atoms with Crippen LogP contribution in [0.15, 0.2) is 35.2 Å². The molecule has 180 valence electrons. The average molecular weight is 498 g/mol. The number of nitrogens with zero attached hydrogens (tertiary/aromatic N) is 1. The topological polar surface area (TPSA) is 147 Å². The first-order valence-electron chi connectivity index (χ1n) is 10.6. The summed E-state index contributed by atoms with van der Waals surface area (Å²) in [5.74, 6) is 0.659. The predicted octanol–water partition coefficient (Wildman–Crippen LogP) is 5.09. The molecule has 1 aliphatic heterocycles. The number of non-ortho nitro benzene ring substituents is 1. The maximum absolute atomic E-state index is 11.8. The molecule has 0 bridgehead atoms. The average Bonchev–Trinajstić information content (AvgIpc) is 2.91. The quantitative estimate of drug-likeness (QED) is 0.196. The number of phenolic OH excluding ortho intramolecular Hbond substituents is 2. The summed E-state index contributed by atoms with van der Waals surface area (Å²) in [6.07, 6.45) is 1.94. The smallest absolute Gasteiger partial charge is 0.294 e. The van der Waals surface area contributed by atoms with Crippen molar-refractivity contribution in [1.29, 1.82) is 0 Å². The van der Waals surface area contributed by atoms with Crippen molar-refractivity contribution in [2.45, 2.75) is 55.3 Å². The van der Waals surface area contributed by atoms with Crippen molar-refractivity contribution in [3.05, 3.63) is 57.1 Å². The number of nitro benzene ring substituents is 1. The number of fused-ring (bicyclic) bond motifs is 1. The largest absolute Gasteiger partial charge is 0.504 e. The van der Waals surface area contributed by atoms with Crippen LogP contribution >= 0.6 is 11.8 Å². The Kier molecular flexibility index (Phi) is 7.88. The number of nitro groups is 1. The predicted molar refractivity (Wildman–Crippen MR) is 125 cm³/mol. The monoisotopic (exact) mass is 497 g/mol. The highest BCUT2D eigenvalue weighted by molar-refractivity contribution is 7.99. The van der Waals surface area contributed by atoms with E-state index in [0.717, 1.165) is 54.3 Å². The maximum atomic E-state index is 11.8. The van der Waals surface area contributed by atoms with Gasteiger partial charge in [-0.1, -0.05) is 13.3 Å². The molecule has 2 aromatic rings. The molecule has 3 atom stereocenters. The molecule has 0 fully saturated rings. The number of benzene rings is 2. The van der Waals surface area contributed by atoms with Gasteiger partial charge < -0.3 is 14.9 Å². The number of thioether (sulfide) groups is 1. The highest BCUT2D eigenvalue weighted by atomic mass is 32.2. The van der Waals surface area contributed by atoms with E-state index < -0.39 is 26.0 Å². The van der Waals surface area contributed by atoms with Crippen LogP contribution in [0.5, 0.6) is 11.5 Å². The van der Waals surface area contributed by atoms with Gasteiger partial charge >= 0.3 is 0 Å². The molecule has 0 amide bonds. The van der Waals surface area contributed by atoms with E-state index in [1.165, 1.54) is 0 Å². The van der Waals surface area contributed by atoms with Crippen molar-refractivity contribution in [3.63, 3.8) is 0 Å². The minimum absolute atomic E-state index is 0.0111. The van der Waals surface area contributed by atoms with Crippen molar-refractivity contribution in [2.24, 2.45) is 0 Å². The number of hydrogen-bond acceptors (Lipinski definition) is 8. The van der Waals surface area contributed by atoms with E-state index in [1.54, 1.807) is 30.8 Å². The third-order valence-corrected chi connectivity index (χ3v) is 8.00. The van der Waals surface area contributed by atoms with Crippen LogP contribution in [0.2, 0.25) is 0 Å².